The summed E-state index contributed by atoms with van der Waals surface area (Å²) in [6.45, 7) is 3.82. The van der Waals surface area contributed by atoms with Crippen LogP contribution >= 0.6 is 15.9 Å². The molecule has 1 aliphatic carbocycles. The number of aryl methyl sites for hydroxylation is 2. The molecule has 0 atom stereocenters. The number of imidazole rings is 1. The average molecular weight is 425 g/mol. The van der Waals surface area contributed by atoms with Crippen molar-refractivity contribution in [3.05, 3.63) is 56.5 Å². The van der Waals surface area contributed by atoms with E-state index in [-0.39, 0.29) is 5.69 Å². The largest absolute Gasteiger partial charge is 0.361 e. The minimum atomic E-state index is -0.227. The first-order chi connectivity index (χ1) is 13.0. The Bertz CT molecular complexity index is 1230. The molecule has 0 unspecified atom stereocenters. The van der Waals surface area contributed by atoms with Crippen LogP contribution in [0.4, 0.5) is 0 Å². The summed E-state index contributed by atoms with van der Waals surface area (Å²) in [6.07, 6.45) is 4.12. The fraction of sp³-hybridized carbons (Fsp3) is 0.250. The van der Waals surface area contributed by atoms with E-state index >= 15 is 0 Å². The predicted octanol–water partition coefficient (Wildman–Crippen LogP) is 4.83. The van der Waals surface area contributed by atoms with Gasteiger partial charge in [0, 0.05) is 33.3 Å². The lowest BCUT2D eigenvalue weighted by molar-refractivity contribution is 0.393. The van der Waals surface area contributed by atoms with Gasteiger partial charge in [-0.1, -0.05) is 21.1 Å². The molecular formula is C20H17BrN4O2. The molecule has 136 valence electrons. The lowest BCUT2D eigenvalue weighted by Crippen LogP contribution is -1.99. The second-order valence-corrected chi connectivity index (χ2v) is 7.91. The highest BCUT2D eigenvalue weighted by atomic mass is 79.9. The number of fused-ring (bicyclic) bond motifs is 1. The smallest absolute Gasteiger partial charge is 0.323 e. The van der Waals surface area contributed by atoms with Crippen molar-refractivity contribution in [2.45, 2.75) is 32.6 Å². The molecule has 1 aliphatic rings. The number of nitrogens with zero attached hydrogens (tertiary/aromatic N) is 2. The van der Waals surface area contributed by atoms with Crippen LogP contribution in [0.1, 0.15) is 35.9 Å². The molecule has 27 heavy (non-hydrogen) atoms. The first-order valence-corrected chi connectivity index (χ1v) is 9.66. The number of H-pyrrole nitrogens is 2. The van der Waals surface area contributed by atoms with Crippen LogP contribution in [-0.2, 0) is 0 Å². The number of aromatic nitrogens is 4. The summed E-state index contributed by atoms with van der Waals surface area (Å²) in [4.78, 5) is 22.5. The Morgan fingerprint density at radius 2 is 2.00 bits per heavy atom. The zero-order valence-corrected chi connectivity index (χ0v) is 16.5. The lowest BCUT2D eigenvalue weighted by atomic mass is 9.95. The maximum Gasteiger partial charge on any atom is 0.323 e. The summed E-state index contributed by atoms with van der Waals surface area (Å²) in [5.41, 5.74) is 7.10. The van der Waals surface area contributed by atoms with E-state index in [2.05, 4.69) is 42.1 Å². The molecule has 0 bridgehead atoms. The van der Waals surface area contributed by atoms with Crippen LogP contribution in [0.2, 0.25) is 0 Å². The van der Waals surface area contributed by atoms with Crippen molar-refractivity contribution in [1.82, 2.24) is 20.1 Å². The van der Waals surface area contributed by atoms with Gasteiger partial charge in [0.2, 0.25) is 0 Å². The number of hydrogen-bond donors (Lipinski definition) is 2. The minimum absolute atomic E-state index is 0.227. The van der Waals surface area contributed by atoms with E-state index in [9.17, 15) is 4.79 Å². The van der Waals surface area contributed by atoms with E-state index in [4.69, 9.17) is 4.52 Å². The monoisotopic (exact) mass is 424 g/mol. The van der Waals surface area contributed by atoms with Crippen molar-refractivity contribution in [2.75, 3.05) is 0 Å². The number of pyridine rings is 1. The van der Waals surface area contributed by atoms with Gasteiger partial charge in [-0.05, 0) is 50.5 Å². The van der Waals surface area contributed by atoms with Gasteiger partial charge >= 0.3 is 5.69 Å². The van der Waals surface area contributed by atoms with Gasteiger partial charge in [0.1, 0.15) is 5.76 Å². The van der Waals surface area contributed by atoms with Gasteiger partial charge in [0.05, 0.1) is 22.4 Å². The second-order valence-electron chi connectivity index (χ2n) is 7.05. The summed E-state index contributed by atoms with van der Waals surface area (Å²) in [6, 6.07) is 6.00. The molecule has 1 saturated carbocycles. The van der Waals surface area contributed by atoms with Crippen LogP contribution in [0.25, 0.3) is 33.3 Å². The normalized spacial score (nSPS) is 14.2. The van der Waals surface area contributed by atoms with Gasteiger partial charge in [-0.25, -0.2) is 4.79 Å². The van der Waals surface area contributed by atoms with Crippen molar-refractivity contribution in [3.8, 4) is 22.3 Å². The number of hydrogen-bond acceptors (Lipinski definition) is 4. The highest BCUT2D eigenvalue weighted by molar-refractivity contribution is 9.10. The van der Waals surface area contributed by atoms with E-state index in [1.165, 1.54) is 0 Å². The zero-order valence-electron chi connectivity index (χ0n) is 14.9. The van der Waals surface area contributed by atoms with Crippen molar-refractivity contribution < 1.29 is 4.52 Å². The average Bonchev–Trinajstić information content (AvgIpc) is 3.33. The Hall–Kier alpha value is -2.67. The molecule has 1 fully saturated rings. The molecule has 3 heterocycles. The highest BCUT2D eigenvalue weighted by Gasteiger charge is 2.30. The number of nitrogens with one attached hydrogen (secondary N) is 2. The van der Waals surface area contributed by atoms with Crippen LogP contribution in [0, 0.1) is 13.8 Å². The molecule has 0 amide bonds. The van der Waals surface area contributed by atoms with Crippen molar-refractivity contribution in [2.24, 2.45) is 0 Å². The van der Waals surface area contributed by atoms with Crippen molar-refractivity contribution in [3.63, 3.8) is 0 Å². The van der Waals surface area contributed by atoms with Crippen LogP contribution < -0.4 is 5.69 Å². The van der Waals surface area contributed by atoms with Gasteiger partial charge in [-0.2, -0.15) is 0 Å². The molecule has 3 aromatic heterocycles. The van der Waals surface area contributed by atoms with Crippen LogP contribution in [0.15, 0.2) is 38.2 Å². The zero-order chi connectivity index (χ0) is 18.7. The highest BCUT2D eigenvalue weighted by Crippen LogP contribution is 2.47. The third kappa shape index (κ3) is 2.65. The topological polar surface area (TPSA) is 87.6 Å². The molecule has 0 aliphatic heterocycles. The standard InChI is InChI=1S/C20H17BrN4O2/c1-9-16(10(2)27-25-9)12-7-13(19-15(8-12)23-20(26)24-19)17-14(21)5-6-22-18(17)11-3-4-11/h5-8,11H,3-4H2,1-2H3,(H2,23,24,26). The van der Waals surface area contributed by atoms with Gasteiger partial charge in [0.15, 0.2) is 0 Å². The van der Waals surface area contributed by atoms with E-state index in [0.29, 0.717) is 5.92 Å². The molecule has 0 radical (unpaired) electrons. The maximum absolute atomic E-state index is 12.1. The summed E-state index contributed by atoms with van der Waals surface area (Å²) in [5.74, 6) is 1.23. The lowest BCUT2D eigenvalue weighted by Gasteiger charge is -2.13. The molecule has 0 spiro atoms. The third-order valence-corrected chi connectivity index (χ3v) is 5.77. The molecular weight excluding hydrogens is 408 g/mol. The molecule has 6 nitrogen and oxygen atoms in total. The Labute approximate surface area is 163 Å². The van der Waals surface area contributed by atoms with Gasteiger partial charge < -0.3 is 14.5 Å². The molecule has 7 heteroatoms. The SMILES string of the molecule is Cc1noc(C)c1-c1cc(-c2c(Br)ccnc2C2CC2)c2[nH]c(=O)[nH]c2c1. The number of benzene rings is 1. The van der Waals surface area contributed by atoms with E-state index in [1.54, 1.807) is 0 Å². The van der Waals surface area contributed by atoms with Gasteiger partial charge in [0.25, 0.3) is 0 Å². The van der Waals surface area contributed by atoms with Crippen molar-refractivity contribution >= 4 is 27.0 Å². The van der Waals surface area contributed by atoms with E-state index < -0.39 is 0 Å². The second kappa shape index (κ2) is 5.92. The van der Waals surface area contributed by atoms with E-state index in [1.807, 2.05) is 32.2 Å². The minimum Gasteiger partial charge on any atom is -0.361 e. The number of rotatable bonds is 3. The molecule has 1 aromatic carbocycles. The Kier molecular flexibility index (Phi) is 3.62. The fourth-order valence-electron chi connectivity index (χ4n) is 3.77. The van der Waals surface area contributed by atoms with Gasteiger partial charge in [-0.3, -0.25) is 4.98 Å². The van der Waals surface area contributed by atoms with Crippen LogP contribution in [0.5, 0.6) is 0 Å². The summed E-state index contributed by atoms with van der Waals surface area (Å²) >= 11 is 3.70. The first kappa shape index (κ1) is 16.5. The van der Waals surface area contributed by atoms with Crippen LogP contribution in [0.3, 0.4) is 0 Å². The Balaban J connectivity index is 1.87. The van der Waals surface area contributed by atoms with Crippen molar-refractivity contribution in [1.29, 1.82) is 0 Å². The molecule has 5 rings (SSSR count). The molecule has 4 aromatic rings. The fourth-order valence-corrected chi connectivity index (χ4v) is 4.30. The molecule has 2 N–H and O–H groups in total. The quantitative estimate of drug-likeness (QED) is 0.492. The number of halogens is 1. The predicted molar refractivity (Wildman–Crippen MR) is 107 cm³/mol. The maximum atomic E-state index is 12.1. The molecule has 0 saturated heterocycles. The Morgan fingerprint density at radius 3 is 2.70 bits per heavy atom. The summed E-state index contributed by atoms with van der Waals surface area (Å²) < 4.78 is 6.33. The summed E-state index contributed by atoms with van der Waals surface area (Å²) in [5, 5.41) is 4.08. The first-order valence-electron chi connectivity index (χ1n) is 8.87. The number of aromatic amines is 2. The third-order valence-electron chi connectivity index (χ3n) is 5.11. The Morgan fingerprint density at radius 1 is 1.19 bits per heavy atom. The van der Waals surface area contributed by atoms with Crippen LogP contribution in [-0.4, -0.2) is 20.1 Å². The van der Waals surface area contributed by atoms with Gasteiger partial charge in [-0.15, -0.1) is 0 Å². The summed E-state index contributed by atoms with van der Waals surface area (Å²) in [7, 11) is 0. The van der Waals surface area contributed by atoms with E-state index in [0.717, 1.165) is 67.7 Å².